The van der Waals surface area contributed by atoms with Gasteiger partial charge in [0.15, 0.2) is 0 Å². The highest BCUT2D eigenvalue weighted by Crippen LogP contribution is 1.89. The molecule has 0 rings (SSSR count). The van der Waals surface area contributed by atoms with Crippen LogP contribution in [0.15, 0.2) is 49.3 Å². The van der Waals surface area contributed by atoms with E-state index in [0.29, 0.717) is 0 Å². The summed E-state index contributed by atoms with van der Waals surface area (Å²) in [5.41, 5.74) is 0. The molecule has 0 amide bonds. The van der Waals surface area contributed by atoms with E-state index in [9.17, 15) is 0 Å². The lowest BCUT2D eigenvalue weighted by Gasteiger charge is -1.83. The molecule has 0 fully saturated rings. The molecule has 1 N–H and O–H groups in total. The largest absolute Gasteiger partial charge is 0.508 e. The molecular formula is C8H10O. The Morgan fingerprint density at radius 1 is 1.22 bits per heavy atom. The van der Waals surface area contributed by atoms with Crippen molar-refractivity contribution >= 4 is 0 Å². The Bertz CT molecular complexity index is 152. The molecule has 0 aromatic heterocycles. The Morgan fingerprint density at radius 2 is 1.89 bits per heavy atom. The van der Waals surface area contributed by atoms with Gasteiger partial charge < -0.3 is 5.11 Å². The highest BCUT2D eigenvalue weighted by atomic mass is 16.3. The van der Waals surface area contributed by atoms with Crippen molar-refractivity contribution in [2.24, 2.45) is 0 Å². The topological polar surface area (TPSA) is 20.2 Å². The van der Waals surface area contributed by atoms with Crippen LogP contribution in [0.2, 0.25) is 0 Å². The standard InChI is InChI=1S/C8H10O/c1-3-5-7-8(9)6-4-2/h3-7,9H,1-2H2/b7-5-,8-6+. The highest BCUT2D eigenvalue weighted by Gasteiger charge is 1.75. The SMILES string of the molecule is C=C/C=C\C(O)=C/C=C. The van der Waals surface area contributed by atoms with Crippen LogP contribution in [0, 0.1) is 0 Å². The number of hydrogen-bond acceptors (Lipinski definition) is 1. The number of aliphatic hydroxyl groups excluding tert-OH is 1. The van der Waals surface area contributed by atoms with Gasteiger partial charge in [-0.15, -0.1) is 0 Å². The molecule has 1 nitrogen and oxygen atoms in total. The van der Waals surface area contributed by atoms with Crippen molar-refractivity contribution in [3.8, 4) is 0 Å². The van der Waals surface area contributed by atoms with Gasteiger partial charge in [-0.3, -0.25) is 0 Å². The van der Waals surface area contributed by atoms with Crippen LogP contribution in [0.1, 0.15) is 0 Å². The normalized spacial score (nSPS) is 11.8. The smallest absolute Gasteiger partial charge is 0.115 e. The monoisotopic (exact) mass is 122 g/mol. The Labute approximate surface area is 55.3 Å². The quantitative estimate of drug-likeness (QED) is 0.450. The van der Waals surface area contributed by atoms with Gasteiger partial charge in [0.25, 0.3) is 0 Å². The molecule has 0 aromatic carbocycles. The van der Waals surface area contributed by atoms with Crippen molar-refractivity contribution in [1.29, 1.82) is 0 Å². The summed E-state index contributed by atoms with van der Waals surface area (Å²) >= 11 is 0. The minimum atomic E-state index is 0.185. The van der Waals surface area contributed by atoms with E-state index in [-0.39, 0.29) is 5.76 Å². The maximum atomic E-state index is 8.84. The molecule has 0 aliphatic heterocycles. The maximum Gasteiger partial charge on any atom is 0.115 e. The van der Waals surface area contributed by atoms with E-state index in [0.717, 1.165) is 0 Å². The first-order valence-corrected chi connectivity index (χ1v) is 2.62. The van der Waals surface area contributed by atoms with Gasteiger partial charge in [-0.05, 0) is 12.2 Å². The molecule has 1 heteroatoms. The van der Waals surface area contributed by atoms with Crippen molar-refractivity contribution in [3.05, 3.63) is 49.3 Å². The summed E-state index contributed by atoms with van der Waals surface area (Å²) in [6, 6.07) is 0. The van der Waals surface area contributed by atoms with Crippen LogP contribution in [0.25, 0.3) is 0 Å². The third-order valence-corrected chi connectivity index (χ3v) is 0.692. The molecule has 0 atom stereocenters. The predicted molar refractivity (Wildman–Crippen MR) is 40.2 cm³/mol. The van der Waals surface area contributed by atoms with Crippen molar-refractivity contribution in [2.45, 2.75) is 0 Å². The predicted octanol–water partition coefficient (Wildman–Crippen LogP) is 2.36. The van der Waals surface area contributed by atoms with Crippen LogP contribution < -0.4 is 0 Å². The second-order valence-electron chi connectivity index (χ2n) is 1.42. The summed E-state index contributed by atoms with van der Waals surface area (Å²) in [4.78, 5) is 0. The zero-order chi connectivity index (χ0) is 7.11. The number of rotatable bonds is 3. The van der Waals surface area contributed by atoms with Gasteiger partial charge >= 0.3 is 0 Å². The fourth-order valence-corrected chi connectivity index (χ4v) is 0.343. The van der Waals surface area contributed by atoms with Gasteiger partial charge in [-0.1, -0.05) is 31.4 Å². The Morgan fingerprint density at radius 3 is 2.33 bits per heavy atom. The minimum absolute atomic E-state index is 0.185. The summed E-state index contributed by atoms with van der Waals surface area (Å²) in [6.45, 7) is 6.85. The maximum absolute atomic E-state index is 8.84. The van der Waals surface area contributed by atoms with E-state index in [2.05, 4.69) is 13.2 Å². The van der Waals surface area contributed by atoms with E-state index in [1.807, 2.05) is 0 Å². The van der Waals surface area contributed by atoms with Gasteiger partial charge in [-0.2, -0.15) is 0 Å². The first kappa shape index (κ1) is 7.76. The molecule has 0 bridgehead atoms. The lowest BCUT2D eigenvalue weighted by Crippen LogP contribution is -1.68. The summed E-state index contributed by atoms with van der Waals surface area (Å²) in [6.07, 6.45) is 7.79. The van der Waals surface area contributed by atoms with Gasteiger partial charge in [0.05, 0.1) is 0 Å². The van der Waals surface area contributed by atoms with E-state index in [1.54, 1.807) is 12.2 Å². The molecule has 0 aliphatic rings. The van der Waals surface area contributed by atoms with Crippen molar-refractivity contribution in [1.82, 2.24) is 0 Å². The van der Waals surface area contributed by atoms with Gasteiger partial charge in [0.2, 0.25) is 0 Å². The average Bonchev–Trinajstić information content (AvgIpc) is 1.85. The van der Waals surface area contributed by atoms with E-state index < -0.39 is 0 Å². The molecule has 0 unspecified atom stereocenters. The molecule has 48 valence electrons. The van der Waals surface area contributed by atoms with Crippen LogP contribution in [-0.2, 0) is 0 Å². The number of hydrogen-bond donors (Lipinski definition) is 1. The summed E-state index contributed by atoms with van der Waals surface area (Å²) in [5.74, 6) is 0.185. The van der Waals surface area contributed by atoms with E-state index in [1.165, 1.54) is 18.2 Å². The first-order valence-electron chi connectivity index (χ1n) is 2.62. The average molecular weight is 122 g/mol. The molecule has 9 heavy (non-hydrogen) atoms. The van der Waals surface area contributed by atoms with E-state index >= 15 is 0 Å². The zero-order valence-electron chi connectivity index (χ0n) is 5.25. The highest BCUT2D eigenvalue weighted by molar-refractivity contribution is 5.18. The Kier molecular flexibility index (Phi) is 4.23. The first-order chi connectivity index (χ1) is 4.31. The second-order valence-corrected chi connectivity index (χ2v) is 1.42. The van der Waals surface area contributed by atoms with Crippen LogP contribution in [-0.4, -0.2) is 5.11 Å². The fraction of sp³-hybridized carbons (Fsp3) is 0. The summed E-state index contributed by atoms with van der Waals surface area (Å²) in [7, 11) is 0. The molecule has 0 aliphatic carbocycles. The lowest BCUT2D eigenvalue weighted by atomic mass is 10.4. The summed E-state index contributed by atoms with van der Waals surface area (Å²) in [5, 5.41) is 8.84. The molecule has 0 saturated carbocycles. The second kappa shape index (κ2) is 4.91. The Hall–Kier alpha value is -1.24. The molecule has 0 radical (unpaired) electrons. The molecular weight excluding hydrogens is 112 g/mol. The van der Waals surface area contributed by atoms with E-state index in [4.69, 9.17) is 5.11 Å². The van der Waals surface area contributed by atoms with Crippen molar-refractivity contribution in [2.75, 3.05) is 0 Å². The minimum Gasteiger partial charge on any atom is -0.508 e. The molecule has 0 aromatic rings. The fourth-order valence-electron chi connectivity index (χ4n) is 0.343. The third-order valence-electron chi connectivity index (χ3n) is 0.692. The summed E-state index contributed by atoms with van der Waals surface area (Å²) < 4.78 is 0. The third kappa shape index (κ3) is 4.62. The number of allylic oxidation sites excluding steroid dienone is 5. The molecule has 0 saturated heterocycles. The van der Waals surface area contributed by atoms with Crippen molar-refractivity contribution < 1.29 is 5.11 Å². The zero-order valence-corrected chi connectivity index (χ0v) is 5.25. The van der Waals surface area contributed by atoms with Crippen LogP contribution >= 0.6 is 0 Å². The van der Waals surface area contributed by atoms with Crippen LogP contribution in [0.3, 0.4) is 0 Å². The molecule has 0 heterocycles. The van der Waals surface area contributed by atoms with Crippen LogP contribution in [0.4, 0.5) is 0 Å². The lowest BCUT2D eigenvalue weighted by molar-refractivity contribution is 0.433. The number of aliphatic hydroxyl groups is 1. The van der Waals surface area contributed by atoms with Gasteiger partial charge in [0, 0.05) is 0 Å². The Balaban J connectivity index is 3.88. The molecule has 0 spiro atoms. The van der Waals surface area contributed by atoms with Crippen molar-refractivity contribution in [3.63, 3.8) is 0 Å². The van der Waals surface area contributed by atoms with Gasteiger partial charge in [-0.25, -0.2) is 0 Å². The van der Waals surface area contributed by atoms with Crippen LogP contribution in [0.5, 0.6) is 0 Å². The van der Waals surface area contributed by atoms with Gasteiger partial charge in [0.1, 0.15) is 5.76 Å².